The maximum absolute atomic E-state index is 12.4. The highest BCUT2D eigenvalue weighted by molar-refractivity contribution is 9.10. The Kier molecular flexibility index (Phi) is 4.99. The van der Waals surface area contributed by atoms with Gasteiger partial charge in [0.05, 0.1) is 0 Å². The van der Waals surface area contributed by atoms with E-state index in [1.807, 2.05) is 29.2 Å². The van der Waals surface area contributed by atoms with Crippen molar-refractivity contribution < 1.29 is 4.79 Å². The van der Waals surface area contributed by atoms with Crippen molar-refractivity contribution >= 4 is 21.8 Å². The third-order valence-corrected chi connectivity index (χ3v) is 4.40. The summed E-state index contributed by atoms with van der Waals surface area (Å²) in [6.07, 6.45) is 1.09. The van der Waals surface area contributed by atoms with Crippen LogP contribution in [-0.4, -0.2) is 47.9 Å². The predicted molar refractivity (Wildman–Crippen MR) is 81.4 cm³/mol. The van der Waals surface area contributed by atoms with Crippen LogP contribution in [0.4, 0.5) is 0 Å². The van der Waals surface area contributed by atoms with Gasteiger partial charge in [0.1, 0.15) is 0 Å². The summed E-state index contributed by atoms with van der Waals surface area (Å²) in [6, 6.07) is 8.14. The second kappa shape index (κ2) is 6.53. The largest absolute Gasteiger partial charge is 0.337 e. The van der Waals surface area contributed by atoms with Gasteiger partial charge >= 0.3 is 0 Å². The number of likely N-dealkylation sites (N-methyl/N-ethyl adjacent to an activating group) is 1. The fourth-order valence-corrected chi connectivity index (χ4v) is 3.00. The maximum Gasteiger partial charge on any atom is 0.253 e. The van der Waals surface area contributed by atoms with Gasteiger partial charge in [0.15, 0.2) is 0 Å². The molecule has 0 spiro atoms. The van der Waals surface area contributed by atoms with Crippen LogP contribution in [0.5, 0.6) is 0 Å². The van der Waals surface area contributed by atoms with Crippen LogP contribution in [0.25, 0.3) is 0 Å². The minimum atomic E-state index is 0.155. The number of carbonyl (C=O) groups is 1. The van der Waals surface area contributed by atoms with E-state index in [2.05, 4.69) is 34.7 Å². The summed E-state index contributed by atoms with van der Waals surface area (Å²) in [5, 5.41) is 0. The van der Waals surface area contributed by atoms with E-state index in [1.165, 1.54) is 0 Å². The predicted octanol–water partition coefficient (Wildman–Crippen LogP) is 3.01. The van der Waals surface area contributed by atoms with Crippen LogP contribution in [0.2, 0.25) is 0 Å². The molecule has 0 radical (unpaired) electrons. The average Bonchev–Trinajstić information content (AvgIpc) is 2.90. The smallest absolute Gasteiger partial charge is 0.253 e. The van der Waals surface area contributed by atoms with Gasteiger partial charge in [-0.1, -0.05) is 29.8 Å². The number of benzene rings is 1. The Morgan fingerprint density at radius 1 is 1.32 bits per heavy atom. The van der Waals surface area contributed by atoms with Crippen LogP contribution in [0, 0.1) is 0 Å². The lowest BCUT2D eigenvalue weighted by atomic mass is 10.2. The number of amides is 1. The molecule has 0 unspecified atom stereocenters. The lowest BCUT2D eigenvalue weighted by Crippen LogP contribution is -2.38. The molecular weight excluding hydrogens is 304 g/mol. The second-order valence-corrected chi connectivity index (χ2v) is 5.84. The zero-order valence-electron chi connectivity index (χ0n) is 11.6. The molecule has 1 amide bonds. The quantitative estimate of drug-likeness (QED) is 0.850. The summed E-state index contributed by atoms with van der Waals surface area (Å²) in [4.78, 5) is 16.8. The molecule has 19 heavy (non-hydrogen) atoms. The van der Waals surface area contributed by atoms with E-state index >= 15 is 0 Å². The van der Waals surface area contributed by atoms with Crippen molar-refractivity contribution in [3.8, 4) is 0 Å². The van der Waals surface area contributed by atoms with E-state index in [1.54, 1.807) is 0 Å². The van der Waals surface area contributed by atoms with Crippen molar-refractivity contribution in [2.75, 3.05) is 26.2 Å². The molecule has 104 valence electrons. The van der Waals surface area contributed by atoms with Gasteiger partial charge in [0.2, 0.25) is 0 Å². The topological polar surface area (TPSA) is 23.6 Å². The van der Waals surface area contributed by atoms with Gasteiger partial charge in [-0.15, -0.1) is 0 Å². The van der Waals surface area contributed by atoms with Gasteiger partial charge < -0.3 is 4.90 Å². The van der Waals surface area contributed by atoms with E-state index < -0.39 is 0 Å². The fourth-order valence-electron chi connectivity index (χ4n) is 2.74. The minimum Gasteiger partial charge on any atom is -0.337 e. The van der Waals surface area contributed by atoms with Crippen molar-refractivity contribution in [3.05, 3.63) is 34.3 Å². The molecule has 1 saturated heterocycles. The third-order valence-electron chi connectivity index (χ3n) is 3.87. The molecule has 0 N–H and O–H groups in total. The lowest BCUT2D eigenvalue weighted by Gasteiger charge is -2.26. The molecule has 1 aliphatic rings. The SMILES string of the molecule is CCN(CC)[C@H]1CCN(C(=O)c2ccc(Br)cc2)C1. The normalized spacial score (nSPS) is 19.2. The lowest BCUT2D eigenvalue weighted by molar-refractivity contribution is 0.0778. The van der Waals surface area contributed by atoms with Crippen LogP contribution >= 0.6 is 15.9 Å². The third kappa shape index (κ3) is 3.37. The number of nitrogens with zero attached hydrogens (tertiary/aromatic N) is 2. The first-order valence-corrected chi connectivity index (χ1v) is 7.73. The molecule has 1 atom stereocenters. The number of hydrogen-bond donors (Lipinski definition) is 0. The van der Waals surface area contributed by atoms with Gasteiger partial charge in [-0.2, -0.15) is 0 Å². The molecule has 0 aliphatic carbocycles. The highest BCUT2D eigenvalue weighted by Crippen LogP contribution is 2.19. The molecule has 4 heteroatoms. The molecule has 3 nitrogen and oxygen atoms in total. The highest BCUT2D eigenvalue weighted by Gasteiger charge is 2.29. The van der Waals surface area contributed by atoms with Gasteiger partial charge in [0, 0.05) is 29.2 Å². The zero-order valence-corrected chi connectivity index (χ0v) is 13.2. The summed E-state index contributed by atoms with van der Waals surface area (Å²) >= 11 is 3.39. The average molecular weight is 325 g/mol. The van der Waals surface area contributed by atoms with E-state index in [0.717, 1.165) is 42.6 Å². The van der Waals surface area contributed by atoms with Gasteiger partial charge in [0.25, 0.3) is 5.91 Å². The van der Waals surface area contributed by atoms with Gasteiger partial charge in [-0.3, -0.25) is 9.69 Å². The molecule has 1 aromatic rings. The highest BCUT2D eigenvalue weighted by atomic mass is 79.9. The molecule has 1 aromatic carbocycles. The summed E-state index contributed by atoms with van der Waals surface area (Å²) in [5.41, 5.74) is 0.781. The number of hydrogen-bond acceptors (Lipinski definition) is 2. The molecular formula is C15H21BrN2O. The van der Waals surface area contributed by atoms with E-state index in [9.17, 15) is 4.79 Å². The fraction of sp³-hybridized carbons (Fsp3) is 0.533. The number of rotatable bonds is 4. The Hall–Kier alpha value is -0.870. The molecule has 2 rings (SSSR count). The standard InChI is InChI=1S/C15H21BrN2O/c1-3-17(4-2)14-9-10-18(11-14)15(19)12-5-7-13(16)8-6-12/h5-8,14H,3-4,9-11H2,1-2H3/t14-/m0/s1. The van der Waals surface area contributed by atoms with Crippen LogP contribution in [0.3, 0.4) is 0 Å². The summed E-state index contributed by atoms with van der Waals surface area (Å²) in [6.45, 7) is 8.21. The molecule has 1 fully saturated rings. The Morgan fingerprint density at radius 2 is 1.95 bits per heavy atom. The van der Waals surface area contributed by atoms with Crippen molar-refractivity contribution in [3.63, 3.8) is 0 Å². The maximum atomic E-state index is 12.4. The van der Waals surface area contributed by atoms with Crippen molar-refractivity contribution in [2.45, 2.75) is 26.3 Å². The van der Waals surface area contributed by atoms with Crippen molar-refractivity contribution in [1.29, 1.82) is 0 Å². The molecule has 1 heterocycles. The zero-order chi connectivity index (χ0) is 13.8. The van der Waals surface area contributed by atoms with E-state index in [0.29, 0.717) is 6.04 Å². The van der Waals surface area contributed by atoms with Crippen LogP contribution in [0.15, 0.2) is 28.7 Å². The Labute approximate surface area is 123 Å². The molecule has 0 aromatic heterocycles. The van der Waals surface area contributed by atoms with Crippen molar-refractivity contribution in [2.24, 2.45) is 0 Å². The monoisotopic (exact) mass is 324 g/mol. The van der Waals surface area contributed by atoms with E-state index in [4.69, 9.17) is 0 Å². The minimum absolute atomic E-state index is 0.155. The van der Waals surface area contributed by atoms with E-state index in [-0.39, 0.29) is 5.91 Å². The Bertz CT molecular complexity index is 428. The van der Waals surface area contributed by atoms with Gasteiger partial charge in [-0.25, -0.2) is 0 Å². The first-order valence-electron chi connectivity index (χ1n) is 6.94. The van der Waals surface area contributed by atoms with Crippen LogP contribution in [0.1, 0.15) is 30.6 Å². The first kappa shape index (κ1) is 14.5. The first-order chi connectivity index (χ1) is 9.15. The van der Waals surface area contributed by atoms with Crippen LogP contribution in [-0.2, 0) is 0 Å². The summed E-state index contributed by atoms with van der Waals surface area (Å²) in [7, 11) is 0. The second-order valence-electron chi connectivity index (χ2n) is 4.92. The molecule has 1 aliphatic heterocycles. The summed E-state index contributed by atoms with van der Waals surface area (Å²) in [5.74, 6) is 0.155. The molecule has 0 saturated carbocycles. The number of halogens is 1. The molecule has 0 bridgehead atoms. The van der Waals surface area contributed by atoms with Gasteiger partial charge in [-0.05, 0) is 43.8 Å². The van der Waals surface area contributed by atoms with Crippen molar-refractivity contribution in [1.82, 2.24) is 9.80 Å². The van der Waals surface area contributed by atoms with Crippen LogP contribution < -0.4 is 0 Å². The number of carbonyl (C=O) groups excluding carboxylic acids is 1. The Morgan fingerprint density at radius 3 is 2.53 bits per heavy atom. The Balaban J connectivity index is 2.00. The summed E-state index contributed by atoms with van der Waals surface area (Å²) < 4.78 is 1.01. The number of likely N-dealkylation sites (tertiary alicyclic amines) is 1.